The van der Waals surface area contributed by atoms with E-state index >= 15 is 0 Å². The lowest BCUT2D eigenvalue weighted by molar-refractivity contribution is -0.123. The van der Waals surface area contributed by atoms with E-state index in [-0.39, 0.29) is 11.7 Å². The quantitative estimate of drug-likeness (QED) is 0.579. The number of carbonyl (C=O) groups is 1. The molecular formula is C14H28O2. The molecule has 0 aliphatic rings. The van der Waals surface area contributed by atoms with Gasteiger partial charge in [0.25, 0.3) is 0 Å². The average molecular weight is 228 g/mol. The van der Waals surface area contributed by atoms with Crippen LogP contribution >= 0.6 is 0 Å². The van der Waals surface area contributed by atoms with E-state index in [1.165, 1.54) is 38.5 Å². The van der Waals surface area contributed by atoms with Crippen LogP contribution in [0.4, 0.5) is 0 Å². The molecule has 2 atom stereocenters. The van der Waals surface area contributed by atoms with Crippen LogP contribution in [-0.4, -0.2) is 17.0 Å². The van der Waals surface area contributed by atoms with Gasteiger partial charge in [-0.15, -0.1) is 0 Å². The lowest BCUT2D eigenvalue weighted by atomic mass is 9.95. The second kappa shape index (κ2) is 9.83. The summed E-state index contributed by atoms with van der Waals surface area (Å²) >= 11 is 0. The van der Waals surface area contributed by atoms with Gasteiger partial charge in [0.15, 0.2) is 0 Å². The fourth-order valence-electron chi connectivity index (χ4n) is 1.83. The average Bonchev–Trinajstić information content (AvgIpc) is 2.26. The minimum Gasteiger partial charge on any atom is -0.392 e. The molecule has 0 aliphatic carbocycles. The summed E-state index contributed by atoms with van der Waals surface area (Å²) in [6.07, 6.45) is 9.10. The molecule has 0 spiro atoms. The van der Waals surface area contributed by atoms with Gasteiger partial charge in [-0.2, -0.15) is 0 Å². The fraction of sp³-hybridized carbons (Fsp3) is 0.929. The molecule has 0 bridgehead atoms. The van der Waals surface area contributed by atoms with Gasteiger partial charge < -0.3 is 5.11 Å². The van der Waals surface area contributed by atoms with Crippen molar-refractivity contribution < 1.29 is 9.90 Å². The summed E-state index contributed by atoms with van der Waals surface area (Å²) in [6, 6.07) is 0. The molecule has 0 fully saturated rings. The monoisotopic (exact) mass is 228 g/mol. The van der Waals surface area contributed by atoms with Crippen LogP contribution in [0.15, 0.2) is 0 Å². The highest BCUT2D eigenvalue weighted by Gasteiger charge is 2.17. The van der Waals surface area contributed by atoms with E-state index in [1.807, 2.05) is 6.92 Å². The molecule has 0 saturated carbocycles. The van der Waals surface area contributed by atoms with E-state index in [4.69, 9.17) is 0 Å². The second-order valence-corrected chi connectivity index (χ2v) is 4.88. The molecule has 0 rings (SSSR count). The molecule has 2 nitrogen and oxygen atoms in total. The van der Waals surface area contributed by atoms with Gasteiger partial charge in [-0.05, 0) is 13.3 Å². The highest BCUT2D eigenvalue weighted by atomic mass is 16.3. The topological polar surface area (TPSA) is 37.3 Å². The third kappa shape index (κ3) is 7.86. The Morgan fingerprint density at radius 1 is 1.06 bits per heavy atom. The molecule has 96 valence electrons. The van der Waals surface area contributed by atoms with Crippen LogP contribution < -0.4 is 0 Å². The number of hydrogen-bond donors (Lipinski definition) is 1. The second-order valence-electron chi connectivity index (χ2n) is 4.88. The number of ketones is 1. The lowest BCUT2D eigenvalue weighted by Crippen LogP contribution is -2.23. The summed E-state index contributed by atoms with van der Waals surface area (Å²) in [5.74, 6) is -0.101. The van der Waals surface area contributed by atoms with Gasteiger partial charge in [-0.3, -0.25) is 4.79 Å². The van der Waals surface area contributed by atoms with E-state index < -0.39 is 6.10 Å². The predicted molar refractivity (Wildman–Crippen MR) is 68.5 cm³/mol. The molecule has 0 aliphatic heterocycles. The van der Waals surface area contributed by atoms with Crippen molar-refractivity contribution in [3.8, 4) is 0 Å². The van der Waals surface area contributed by atoms with Crippen LogP contribution in [0.25, 0.3) is 0 Å². The van der Waals surface area contributed by atoms with Crippen molar-refractivity contribution in [1.82, 2.24) is 0 Å². The number of hydrogen-bond acceptors (Lipinski definition) is 2. The Kier molecular flexibility index (Phi) is 9.60. The molecular weight excluding hydrogens is 200 g/mol. The maximum absolute atomic E-state index is 11.0. The van der Waals surface area contributed by atoms with Gasteiger partial charge in [-0.1, -0.05) is 58.8 Å². The maximum Gasteiger partial charge on any atom is 0.135 e. The number of carbonyl (C=O) groups excluding carboxylic acids is 1. The third-order valence-electron chi connectivity index (χ3n) is 3.32. The number of Topliss-reactive ketones (excluding diaryl/α,β-unsaturated/α-hetero) is 1. The van der Waals surface area contributed by atoms with Crippen LogP contribution in [0.2, 0.25) is 0 Å². The Balaban J connectivity index is 3.34. The van der Waals surface area contributed by atoms with Crippen molar-refractivity contribution in [2.45, 2.75) is 78.2 Å². The Labute approximate surface area is 100 Å². The summed E-state index contributed by atoms with van der Waals surface area (Å²) in [7, 11) is 0. The number of aliphatic hydroxyl groups excluding tert-OH is 1. The molecule has 0 aromatic heterocycles. The first-order valence-electron chi connectivity index (χ1n) is 6.78. The van der Waals surface area contributed by atoms with Crippen molar-refractivity contribution in [2.24, 2.45) is 5.92 Å². The molecule has 0 amide bonds. The van der Waals surface area contributed by atoms with E-state index in [0.29, 0.717) is 0 Å². The summed E-state index contributed by atoms with van der Waals surface area (Å²) in [5.41, 5.74) is 0. The van der Waals surface area contributed by atoms with Crippen LogP contribution in [0, 0.1) is 5.92 Å². The van der Waals surface area contributed by atoms with E-state index in [0.717, 1.165) is 12.8 Å². The van der Waals surface area contributed by atoms with Crippen LogP contribution in [-0.2, 0) is 4.79 Å². The minimum atomic E-state index is -0.437. The van der Waals surface area contributed by atoms with Gasteiger partial charge in [0, 0.05) is 5.92 Å². The van der Waals surface area contributed by atoms with Crippen molar-refractivity contribution in [2.75, 3.05) is 0 Å². The summed E-state index contributed by atoms with van der Waals surface area (Å²) in [4.78, 5) is 11.0. The molecule has 2 heteroatoms. The smallest absolute Gasteiger partial charge is 0.135 e. The van der Waals surface area contributed by atoms with Crippen LogP contribution in [0.3, 0.4) is 0 Å². The fourth-order valence-corrected chi connectivity index (χ4v) is 1.83. The molecule has 0 saturated heterocycles. The molecule has 0 aromatic rings. The van der Waals surface area contributed by atoms with Crippen LogP contribution in [0.5, 0.6) is 0 Å². The van der Waals surface area contributed by atoms with E-state index in [9.17, 15) is 9.90 Å². The van der Waals surface area contributed by atoms with Gasteiger partial charge in [0.05, 0.1) is 6.10 Å². The van der Waals surface area contributed by atoms with Gasteiger partial charge in [0.2, 0.25) is 0 Å². The van der Waals surface area contributed by atoms with Crippen molar-refractivity contribution in [3.63, 3.8) is 0 Å². The highest BCUT2D eigenvalue weighted by molar-refractivity contribution is 5.78. The Morgan fingerprint density at radius 3 is 2.06 bits per heavy atom. The van der Waals surface area contributed by atoms with Crippen molar-refractivity contribution in [1.29, 1.82) is 0 Å². The zero-order valence-corrected chi connectivity index (χ0v) is 11.2. The molecule has 0 heterocycles. The normalized spacial score (nSPS) is 14.8. The van der Waals surface area contributed by atoms with Crippen molar-refractivity contribution >= 4 is 5.78 Å². The summed E-state index contributed by atoms with van der Waals surface area (Å²) < 4.78 is 0. The molecule has 2 unspecified atom stereocenters. The number of aliphatic hydroxyl groups is 1. The first kappa shape index (κ1) is 15.6. The lowest BCUT2D eigenvalue weighted by Gasteiger charge is -2.15. The van der Waals surface area contributed by atoms with Crippen molar-refractivity contribution in [3.05, 3.63) is 0 Å². The molecule has 1 N–H and O–H groups in total. The van der Waals surface area contributed by atoms with E-state index in [1.54, 1.807) is 6.92 Å². The van der Waals surface area contributed by atoms with Gasteiger partial charge >= 0.3 is 0 Å². The Hall–Kier alpha value is -0.370. The van der Waals surface area contributed by atoms with Gasteiger partial charge in [0.1, 0.15) is 5.78 Å². The molecule has 0 radical (unpaired) electrons. The maximum atomic E-state index is 11.0. The molecule has 0 aromatic carbocycles. The largest absolute Gasteiger partial charge is 0.392 e. The SMILES string of the molecule is CCCCCCCCCC(O)C(C)C(C)=O. The summed E-state index contributed by atoms with van der Waals surface area (Å²) in [5, 5.41) is 9.71. The zero-order valence-electron chi connectivity index (χ0n) is 11.2. The molecule has 16 heavy (non-hydrogen) atoms. The van der Waals surface area contributed by atoms with Crippen LogP contribution in [0.1, 0.15) is 72.1 Å². The zero-order chi connectivity index (χ0) is 12.4. The minimum absolute atomic E-state index is 0.0930. The number of rotatable bonds is 10. The van der Waals surface area contributed by atoms with Gasteiger partial charge in [-0.25, -0.2) is 0 Å². The highest BCUT2D eigenvalue weighted by Crippen LogP contribution is 2.14. The first-order valence-corrected chi connectivity index (χ1v) is 6.78. The predicted octanol–water partition coefficient (Wildman–Crippen LogP) is 3.71. The van der Waals surface area contributed by atoms with E-state index in [2.05, 4.69) is 6.92 Å². The third-order valence-corrected chi connectivity index (χ3v) is 3.32. The Bertz CT molecular complexity index is 178. The summed E-state index contributed by atoms with van der Waals surface area (Å²) in [6.45, 7) is 5.59. The standard InChI is InChI=1S/C14H28O2/c1-4-5-6-7-8-9-10-11-14(16)12(2)13(3)15/h12,14,16H,4-11H2,1-3H3. The first-order chi connectivity index (χ1) is 7.59. The Morgan fingerprint density at radius 2 is 1.56 bits per heavy atom. The number of unbranched alkanes of at least 4 members (excludes halogenated alkanes) is 6.